The molecule has 0 radical (unpaired) electrons. The number of carbonyl (C=O) groups is 1. The van der Waals surface area contributed by atoms with Gasteiger partial charge in [-0.15, -0.1) is 0 Å². The first-order valence-corrected chi connectivity index (χ1v) is 8.66. The van der Waals surface area contributed by atoms with Gasteiger partial charge in [0.1, 0.15) is 16.9 Å². The number of para-hydroxylation sites is 2. The molecule has 2 aromatic carbocycles. The van der Waals surface area contributed by atoms with Gasteiger partial charge in [0.25, 0.3) is 5.91 Å². The van der Waals surface area contributed by atoms with E-state index in [1.807, 2.05) is 54.6 Å². The van der Waals surface area contributed by atoms with Gasteiger partial charge in [-0.2, -0.15) is 0 Å². The second-order valence-corrected chi connectivity index (χ2v) is 6.19. The van der Waals surface area contributed by atoms with Gasteiger partial charge in [0.05, 0.1) is 17.6 Å². The fourth-order valence-electron chi connectivity index (χ4n) is 3.13. The molecule has 0 aliphatic carbocycles. The Bertz CT molecular complexity index is 1120. The normalized spacial score (nSPS) is 11.1. The summed E-state index contributed by atoms with van der Waals surface area (Å²) >= 11 is 0. The van der Waals surface area contributed by atoms with Crippen LogP contribution in [0.2, 0.25) is 0 Å². The number of nitrogens with one attached hydrogen (secondary N) is 1. The molecule has 136 valence electrons. The summed E-state index contributed by atoms with van der Waals surface area (Å²) in [6.45, 7) is 0.502. The Kier molecular flexibility index (Phi) is 4.43. The van der Waals surface area contributed by atoms with Crippen LogP contribution in [0.4, 0.5) is 5.82 Å². The Morgan fingerprint density at radius 1 is 1.04 bits per heavy atom. The monoisotopic (exact) mass is 361 g/mol. The molecule has 4 rings (SSSR count). The number of nitrogen functional groups attached to an aromatic ring is 1. The third kappa shape index (κ3) is 3.09. The van der Waals surface area contributed by atoms with Crippen molar-refractivity contribution in [3.05, 3.63) is 65.7 Å². The Morgan fingerprint density at radius 2 is 1.70 bits per heavy atom. The number of anilines is 1. The smallest absolute Gasteiger partial charge is 0.257 e. The van der Waals surface area contributed by atoms with Crippen LogP contribution in [0.25, 0.3) is 22.2 Å². The SMILES string of the molecule is Nc1c(C(=O)NCc2ccccc2)c2nc3ccccc3nc2n1CCO. The van der Waals surface area contributed by atoms with E-state index in [0.29, 0.717) is 28.7 Å². The average molecular weight is 361 g/mol. The molecule has 1 amide bonds. The lowest BCUT2D eigenvalue weighted by Crippen LogP contribution is -2.24. The second-order valence-electron chi connectivity index (χ2n) is 6.19. The molecule has 0 atom stereocenters. The van der Waals surface area contributed by atoms with E-state index in [1.165, 1.54) is 0 Å². The maximum Gasteiger partial charge on any atom is 0.257 e. The van der Waals surface area contributed by atoms with Crippen molar-refractivity contribution in [2.24, 2.45) is 0 Å². The molecular formula is C20H19N5O2. The van der Waals surface area contributed by atoms with Gasteiger partial charge in [-0.3, -0.25) is 4.79 Å². The van der Waals surface area contributed by atoms with Crippen LogP contribution in [0.3, 0.4) is 0 Å². The number of carbonyl (C=O) groups excluding carboxylic acids is 1. The fourth-order valence-corrected chi connectivity index (χ4v) is 3.13. The molecule has 0 aliphatic heterocycles. The summed E-state index contributed by atoms with van der Waals surface area (Å²) in [5.74, 6) is -0.0671. The zero-order chi connectivity index (χ0) is 18.8. The van der Waals surface area contributed by atoms with Crippen LogP contribution in [0.15, 0.2) is 54.6 Å². The number of benzene rings is 2. The maximum atomic E-state index is 12.9. The number of nitrogens with two attached hydrogens (primary N) is 1. The van der Waals surface area contributed by atoms with Gasteiger partial charge >= 0.3 is 0 Å². The third-order valence-electron chi connectivity index (χ3n) is 4.44. The van der Waals surface area contributed by atoms with Crippen LogP contribution < -0.4 is 11.1 Å². The predicted molar refractivity (Wildman–Crippen MR) is 104 cm³/mol. The highest BCUT2D eigenvalue weighted by atomic mass is 16.3. The van der Waals surface area contributed by atoms with Crippen LogP contribution >= 0.6 is 0 Å². The van der Waals surface area contributed by atoms with Gasteiger partial charge in [0, 0.05) is 13.1 Å². The zero-order valence-electron chi connectivity index (χ0n) is 14.6. The number of nitrogens with zero attached hydrogens (tertiary/aromatic N) is 3. The van der Waals surface area contributed by atoms with Crippen molar-refractivity contribution in [3.63, 3.8) is 0 Å². The highest BCUT2D eigenvalue weighted by Gasteiger charge is 2.23. The van der Waals surface area contributed by atoms with Crippen LogP contribution in [0.5, 0.6) is 0 Å². The highest BCUT2D eigenvalue weighted by Crippen LogP contribution is 2.27. The molecule has 0 saturated carbocycles. The van der Waals surface area contributed by atoms with Crippen molar-refractivity contribution in [2.75, 3.05) is 12.3 Å². The third-order valence-corrected chi connectivity index (χ3v) is 4.44. The summed E-state index contributed by atoms with van der Waals surface area (Å²) in [5, 5.41) is 12.3. The molecule has 7 heteroatoms. The Hall–Kier alpha value is -3.45. The van der Waals surface area contributed by atoms with E-state index < -0.39 is 0 Å². The van der Waals surface area contributed by atoms with Gasteiger partial charge in [-0.05, 0) is 17.7 Å². The largest absolute Gasteiger partial charge is 0.395 e. The Morgan fingerprint density at radius 3 is 2.41 bits per heavy atom. The standard InChI is InChI=1S/C20H19N5O2/c21-18-16(20(27)22-12-13-6-2-1-3-7-13)17-19(25(18)10-11-26)24-15-9-5-4-8-14(15)23-17/h1-9,26H,10-12,21H2,(H,22,27). The maximum absolute atomic E-state index is 12.9. The van der Waals surface area contributed by atoms with E-state index in [0.717, 1.165) is 5.56 Å². The number of aliphatic hydroxyl groups is 1. The van der Waals surface area contributed by atoms with Gasteiger partial charge < -0.3 is 20.7 Å². The lowest BCUT2D eigenvalue weighted by Gasteiger charge is -2.06. The lowest BCUT2D eigenvalue weighted by atomic mass is 10.2. The molecule has 7 nitrogen and oxygen atoms in total. The molecule has 0 bridgehead atoms. The summed E-state index contributed by atoms with van der Waals surface area (Å²) in [6, 6.07) is 17.1. The van der Waals surface area contributed by atoms with Crippen molar-refractivity contribution in [2.45, 2.75) is 13.1 Å². The van der Waals surface area contributed by atoms with E-state index in [9.17, 15) is 9.90 Å². The number of aliphatic hydroxyl groups excluding tert-OH is 1. The van der Waals surface area contributed by atoms with Crippen LogP contribution in [-0.4, -0.2) is 32.2 Å². The van der Waals surface area contributed by atoms with Crippen LogP contribution in [0.1, 0.15) is 15.9 Å². The quantitative estimate of drug-likeness (QED) is 0.505. The molecule has 0 saturated heterocycles. The molecular weight excluding hydrogens is 342 g/mol. The van der Waals surface area contributed by atoms with Gasteiger partial charge in [-0.25, -0.2) is 9.97 Å². The van der Waals surface area contributed by atoms with E-state index in [4.69, 9.17) is 5.73 Å². The van der Waals surface area contributed by atoms with Crippen molar-refractivity contribution < 1.29 is 9.90 Å². The number of fused-ring (bicyclic) bond motifs is 2. The van der Waals surface area contributed by atoms with Gasteiger partial charge in [0.15, 0.2) is 5.65 Å². The Labute approximate surface area is 155 Å². The zero-order valence-corrected chi connectivity index (χ0v) is 14.6. The minimum Gasteiger partial charge on any atom is -0.395 e. The number of hydrogen-bond donors (Lipinski definition) is 3. The molecule has 27 heavy (non-hydrogen) atoms. The predicted octanol–water partition coefficient (Wildman–Crippen LogP) is 2.09. The summed E-state index contributed by atoms with van der Waals surface area (Å²) in [5.41, 5.74) is 9.83. The molecule has 0 aliphatic rings. The average Bonchev–Trinajstić information content (AvgIpc) is 2.96. The van der Waals surface area contributed by atoms with Crippen molar-refractivity contribution in [1.29, 1.82) is 0 Å². The molecule has 2 heterocycles. The van der Waals surface area contributed by atoms with E-state index in [1.54, 1.807) is 4.57 Å². The van der Waals surface area contributed by atoms with Gasteiger partial charge in [-0.1, -0.05) is 42.5 Å². The molecule has 4 N–H and O–H groups in total. The molecule has 0 unspecified atom stereocenters. The number of hydrogen-bond acceptors (Lipinski definition) is 5. The summed E-state index contributed by atoms with van der Waals surface area (Å²) in [6.07, 6.45) is 0. The summed E-state index contributed by atoms with van der Waals surface area (Å²) < 4.78 is 1.63. The van der Waals surface area contributed by atoms with E-state index >= 15 is 0 Å². The number of aromatic nitrogens is 3. The minimum atomic E-state index is -0.317. The fraction of sp³-hybridized carbons (Fsp3) is 0.150. The summed E-state index contributed by atoms with van der Waals surface area (Å²) in [4.78, 5) is 22.1. The molecule has 0 fully saturated rings. The van der Waals surface area contributed by atoms with Crippen LogP contribution in [-0.2, 0) is 13.1 Å². The van der Waals surface area contributed by atoms with Crippen molar-refractivity contribution >= 4 is 33.9 Å². The van der Waals surface area contributed by atoms with Crippen molar-refractivity contribution in [1.82, 2.24) is 19.9 Å². The first-order chi connectivity index (χ1) is 13.2. The topological polar surface area (TPSA) is 106 Å². The van der Waals surface area contributed by atoms with Crippen molar-refractivity contribution in [3.8, 4) is 0 Å². The molecule has 2 aromatic heterocycles. The number of rotatable bonds is 5. The van der Waals surface area contributed by atoms with E-state index in [2.05, 4.69) is 15.3 Å². The van der Waals surface area contributed by atoms with E-state index in [-0.39, 0.29) is 30.4 Å². The minimum absolute atomic E-state index is 0.117. The second kappa shape index (κ2) is 7.05. The first kappa shape index (κ1) is 17.0. The number of amides is 1. The van der Waals surface area contributed by atoms with Gasteiger partial charge in [0.2, 0.25) is 0 Å². The molecule has 0 spiro atoms. The first-order valence-electron chi connectivity index (χ1n) is 8.66. The van der Waals surface area contributed by atoms with Crippen LogP contribution in [0, 0.1) is 0 Å². The Balaban J connectivity index is 1.79. The lowest BCUT2D eigenvalue weighted by molar-refractivity contribution is 0.0953. The molecule has 4 aromatic rings. The summed E-state index contributed by atoms with van der Waals surface area (Å²) in [7, 11) is 0. The highest BCUT2D eigenvalue weighted by molar-refractivity contribution is 6.10.